The second-order valence-corrected chi connectivity index (χ2v) is 11.6. The van der Waals surface area contributed by atoms with E-state index >= 15 is 0 Å². The third kappa shape index (κ3) is 3.57. The van der Waals surface area contributed by atoms with Crippen LogP contribution >= 0.6 is 6.89 Å². The van der Waals surface area contributed by atoms with Crippen LogP contribution in [0.25, 0.3) is 11.0 Å². The van der Waals surface area contributed by atoms with Gasteiger partial charge >= 0.3 is 5.69 Å². The SMILES string of the molecule is Cn1c(=O)n(C)c2cc(C(=O)C=P(c3ccccc3)(c3ccccc3)c3ccccc3)ccc21. The van der Waals surface area contributed by atoms with Crippen LogP contribution < -0.4 is 21.6 Å². The molecule has 5 aromatic rings. The summed E-state index contributed by atoms with van der Waals surface area (Å²) in [7, 11) is 3.48. The zero-order chi connectivity index (χ0) is 23.7. The predicted octanol–water partition coefficient (Wildman–Crippen LogP) is 3.86. The molecular formula is C29H25N2O2P. The Morgan fingerprint density at radius 2 is 1.09 bits per heavy atom. The molecule has 0 aliphatic rings. The first-order valence-electron chi connectivity index (χ1n) is 11.1. The van der Waals surface area contributed by atoms with Crippen molar-refractivity contribution < 1.29 is 4.79 Å². The van der Waals surface area contributed by atoms with Crippen LogP contribution in [0.3, 0.4) is 0 Å². The normalized spacial score (nSPS) is 11.5. The number of carbonyl (C=O) groups excluding carboxylic acids is 1. The van der Waals surface area contributed by atoms with Gasteiger partial charge in [0.2, 0.25) is 0 Å². The molecular weight excluding hydrogens is 439 g/mol. The first kappa shape index (κ1) is 21.9. The molecule has 0 radical (unpaired) electrons. The number of ketones is 1. The molecule has 5 rings (SSSR count). The maximum absolute atomic E-state index is 13.9. The minimum Gasteiger partial charge on any atom is -0.295 e. The molecule has 0 atom stereocenters. The predicted molar refractivity (Wildman–Crippen MR) is 144 cm³/mol. The first-order valence-corrected chi connectivity index (χ1v) is 13.0. The van der Waals surface area contributed by atoms with Crippen LogP contribution in [0.5, 0.6) is 0 Å². The van der Waals surface area contributed by atoms with Gasteiger partial charge in [-0.25, -0.2) is 4.79 Å². The number of carbonyl (C=O) groups is 1. The summed E-state index contributed by atoms with van der Waals surface area (Å²) < 4.78 is 3.18. The van der Waals surface area contributed by atoms with Crippen LogP contribution in [-0.2, 0) is 14.1 Å². The number of hydrogen-bond acceptors (Lipinski definition) is 2. The number of Topliss-reactive ketones (excluding diaryl/α,β-unsaturated/α-hetero) is 1. The minimum absolute atomic E-state index is 0.0527. The van der Waals surface area contributed by atoms with Gasteiger partial charge in [0.05, 0.1) is 11.0 Å². The third-order valence-electron chi connectivity index (χ3n) is 6.36. The van der Waals surface area contributed by atoms with E-state index in [0.29, 0.717) is 5.56 Å². The lowest BCUT2D eigenvalue weighted by Crippen LogP contribution is -2.28. The fraction of sp³-hybridized carbons (Fsp3) is 0.0690. The molecule has 0 saturated carbocycles. The Labute approximate surface area is 198 Å². The fourth-order valence-corrected chi connectivity index (χ4v) is 8.34. The molecule has 0 fully saturated rings. The number of benzene rings is 4. The Balaban J connectivity index is 1.81. The average Bonchev–Trinajstić information content (AvgIpc) is 3.12. The molecule has 1 heterocycles. The molecule has 4 aromatic carbocycles. The smallest absolute Gasteiger partial charge is 0.295 e. The van der Waals surface area contributed by atoms with E-state index in [-0.39, 0.29) is 11.5 Å². The van der Waals surface area contributed by atoms with Gasteiger partial charge in [-0.3, -0.25) is 13.9 Å². The highest BCUT2D eigenvalue weighted by Crippen LogP contribution is 2.43. The van der Waals surface area contributed by atoms with E-state index in [0.717, 1.165) is 26.9 Å². The van der Waals surface area contributed by atoms with Gasteiger partial charge in [0.25, 0.3) is 0 Å². The van der Waals surface area contributed by atoms with E-state index in [1.165, 1.54) is 0 Å². The lowest BCUT2D eigenvalue weighted by molar-refractivity contribution is 0.107. The number of fused-ring (bicyclic) bond motifs is 1. The Kier molecular flexibility index (Phi) is 5.69. The number of hydrogen-bond donors (Lipinski definition) is 0. The van der Waals surface area contributed by atoms with Crippen molar-refractivity contribution in [1.82, 2.24) is 9.13 Å². The first-order chi connectivity index (χ1) is 16.5. The molecule has 0 N–H and O–H groups in total. The van der Waals surface area contributed by atoms with Crippen molar-refractivity contribution in [3.63, 3.8) is 0 Å². The van der Waals surface area contributed by atoms with Crippen molar-refractivity contribution >= 4 is 45.4 Å². The number of imidazole rings is 1. The summed E-state index contributed by atoms with van der Waals surface area (Å²) in [5.41, 5.74) is 2.01. The monoisotopic (exact) mass is 464 g/mol. The summed E-state index contributed by atoms with van der Waals surface area (Å²) in [5.74, 6) is 1.87. The number of aryl methyl sites for hydroxylation is 2. The largest absolute Gasteiger partial charge is 0.328 e. The van der Waals surface area contributed by atoms with Crippen LogP contribution in [0.2, 0.25) is 0 Å². The van der Waals surface area contributed by atoms with E-state index in [4.69, 9.17) is 0 Å². The summed E-state index contributed by atoms with van der Waals surface area (Å²) >= 11 is 0. The van der Waals surface area contributed by atoms with Crippen molar-refractivity contribution in [3.05, 3.63) is 125 Å². The van der Waals surface area contributed by atoms with Crippen molar-refractivity contribution in [1.29, 1.82) is 0 Å². The Morgan fingerprint density at radius 3 is 1.56 bits per heavy atom. The van der Waals surface area contributed by atoms with Crippen LogP contribution in [0.4, 0.5) is 0 Å². The van der Waals surface area contributed by atoms with Crippen molar-refractivity contribution in [2.75, 3.05) is 0 Å². The summed E-state index contributed by atoms with van der Waals surface area (Å²) in [6.45, 7) is -2.40. The van der Waals surface area contributed by atoms with Gasteiger partial charge in [0.1, 0.15) is 0 Å². The number of rotatable bonds is 5. The molecule has 1 aromatic heterocycles. The van der Waals surface area contributed by atoms with Crippen molar-refractivity contribution in [3.8, 4) is 0 Å². The van der Waals surface area contributed by atoms with Crippen molar-refractivity contribution in [2.45, 2.75) is 0 Å². The topological polar surface area (TPSA) is 44.0 Å². The van der Waals surface area contributed by atoms with Crippen LogP contribution in [0.1, 0.15) is 10.4 Å². The summed E-state index contributed by atoms with van der Waals surface area (Å²) in [5, 5.41) is 3.36. The van der Waals surface area contributed by atoms with E-state index < -0.39 is 6.89 Å². The molecule has 0 unspecified atom stereocenters. The van der Waals surface area contributed by atoms with Crippen LogP contribution in [0, 0.1) is 0 Å². The van der Waals surface area contributed by atoms with Gasteiger partial charge in [0, 0.05) is 19.7 Å². The Hall–Kier alpha value is -3.88. The van der Waals surface area contributed by atoms with E-state index in [1.54, 1.807) is 23.2 Å². The standard InChI is InChI=1S/C29H25N2O2P/c1-30-26-19-18-22(20-27(26)31(2)29(30)33)28(32)21-34(23-12-6-3-7-13-23,24-14-8-4-9-15-24)25-16-10-5-11-17-25/h3-21H,1-2H3. The highest BCUT2D eigenvalue weighted by Gasteiger charge is 2.26. The highest BCUT2D eigenvalue weighted by atomic mass is 31.2. The zero-order valence-electron chi connectivity index (χ0n) is 19.1. The van der Waals surface area contributed by atoms with Gasteiger partial charge in [-0.15, -0.1) is 0 Å². The Morgan fingerprint density at radius 1 is 0.647 bits per heavy atom. The highest BCUT2D eigenvalue weighted by molar-refractivity contribution is 7.95. The molecule has 0 aliphatic carbocycles. The summed E-state index contributed by atoms with van der Waals surface area (Å²) in [6.07, 6.45) is 0. The lowest BCUT2D eigenvalue weighted by Gasteiger charge is -2.28. The molecule has 168 valence electrons. The average molecular weight is 465 g/mol. The molecule has 0 saturated heterocycles. The number of nitrogens with zero attached hydrogens (tertiary/aromatic N) is 2. The molecule has 34 heavy (non-hydrogen) atoms. The molecule has 4 nitrogen and oxygen atoms in total. The zero-order valence-corrected chi connectivity index (χ0v) is 20.0. The van der Waals surface area contributed by atoms with Gasteiger partial charge in [0.15, 0.2) is 5.78 Å². The van der Waals surface area contributed by atoms with Gasteiger partial charge < -0.3 is 0 Å². The summed E-state index contributed by atoms with van der Waals surface area (Å²) in [4.78, 5) is 26.3. The molecule has 0 bridgehead atoms. The molecule has 5 heteroatoms. The quantitative estimate of drug-likeness (QED) is 0.293. The maximum atomic E-state index is 13.9. The van der Waals surface area contributed by atoms with Gasteiger partial charge in [-0.1, -0.05) is 91.0 Å². The van der Waals surface area contributed by atoms with E-state index in [9.17, 15) is 9.59 Å². The van der Waals surface area contributed by atoms with Crippen LogP contribution in [-0.4, -0.2) is 20.7 Å². The lowest BCUT2D eigenvalue weighted by atomic mass is 10.1. The Bertz CT molecular complexity index is 1500. The van der Waals surface area contributed by atoms with Gasteiger partial charge in [-0.2, -0.15) is 0 Å². The van der Waals surface area contributed by atoms with Crippen molar-refractivity contribution in [2.24, 2.45) is 14.1 Å². The summed E-state index contributed by atoms with van der Waals surface area (Å²) in [6, 6.07) is 36.3. The molecule has 0 amide bonds. The van der Waals surface area contributed by atoms with Crippen LogP contribution in [0.15, 0.2) is 114 Å². The minimum atomic E-state index is -2.40. The molecule has 0 spiro atoms. The maximum Gasteiger partial charge on any atom is 0.328 e. The number of aromatic nitrogens is 2. The van der Waals surface area contributed by atoms with E-state index in [1.807, 2.05) is 78.6 Å². The third-order valence-corrected chi connectivity index (χ3v) is 10.3. The molecule has 0 aliphatic heterocycles. The second-order valence-electron chi connectivity index (χ2n) is 8.33. The fourth-order valence-electron chi connectivity index (χ4n) is 4.57. The van der Waals surface area contributed by atoms with E-state index in [2.05, 4.69) is 36.4 Å². The second kappa shape index (κ2) is 8.81. The van der Waals surface area contributed by atoms with Gasteiger partial charge in [-0.05, 0) is 46.8 Å².